The quantitative estimate of drug-likeness (QED) is 0.908. The summed E-state index contributed by atoms with van der Waals surface area (Å²) in [6.45, 7) is 2.55. The van der Waals surface area contributed by atoms with Crippen molar-refractivity contribution in [3.8, 4) is 0 Å². The fraction of sp³-hybridized carbons (Fsp3) is 0.200. The van der Waals surface area contributed by atoms with Crippen LogP contribution in [0.15, 0.2) is 42.5 Å². The average molecular weight is 261 g/mol. The molecule has 0 aliphatic heterocycles. The van der Waals surface area contributed by atoms with E-state index in [1.807, 2.05) is 38.2 Å². The molecule has 0 amide bonds. The maximum Gasteiger partial charge on any atom is 0.0455 e. The van der Waals surface area contributed by atoms with Crippen LogP contribution in [0.4, 0.5) is 11.4 Å². The number of rotatable bonds is 3. The molecule has 0 aliphatic rings. The Morgan fingerprint density at radius 1 is 1.11 bits per heavy atom. The molecule has 0 heterocycles. The lowest BCUT2D eigenvalue weighted by Crippen LogP contribution is -2.10. The molecule has 2 N–H and O–H groups in total. The molecule has 0 radical (unpaired) electrons. The normalized spacial score (nSPS) is 10.4. The predicted octanol–water partition coefficient (Wildman–Crippen LogP) is 3.88. The summed E-state index contributed by atoms with van der Waals surface area (Å²) in [5, 5.41) is 0.786. The van der Waals surface area contributed by atoms with Crippen molar-refractivity contribution in [2.24, 2.45) is 5.73 Å². The van der Waals surface area contributed by atoms with Crippen molar-refractivity contribution in [1.82, 2.24) is 0 Å². The zero-order chi connectivity index (χ0) is 13.1. The van der Waals surface area contributed by atoms with Gasteiger partial charge < -0.3 is 10.6 Å². The minimum Gasteiger partial charge on any atom is -0.345 e. The van der Waals surface area contributed by atoms with Crippen molar-refractivity contribution in [2.75, 3.05) is 11.9 Å². The standard InChI is InChI=1S/C15H17ClN2/c1-11-6-7-14(9-15(11)16)18(2)13-5-3-4-12(8-13)10-17/h3-9H,10,17H2,1-2H3. The molecule has 0 fully saturated rings. The highest BCUT2D eigenvalue weighted by Gasteiger charge is 2.06. The van der Waals surface area contributed by atoms with Gasteiger partial charge in [-0.1, -0.05) is 29.8 Å². The van der Waals surface area contributed by atoms with Crippen LogP contribution in [0.5, 0.6) is 0 Å². The van der Waals surface area contributed by atoms with Crippen LogP contribution in [-0.2, 0) is 6.54 Å². The van der Waals surface area contributed by atoms with E-state index in [1.165, 1.54) is 0 Å². The van der Waals surface area contributed by atoms with E-state index in [1.54, 1.807) is 0 Å². The van der Waals surface area contributed by atoms with Gasteiger partial charge in [0.2, 0.25) is 0 Å². The van der Waals surface area contributed by atoms with Crippen molar-refractivity contribution in [3.05, 3.63) is 58.6 Å². The Hall–Kier alpha value is -1.51. The smallest absolute Gasteiger partial charge is 0.0455 e. The predicted molar refractivity (Wildman–Crippen MR) is 78.6 cm³/mol. The van der Waals surface area contributed by atoms with E-state index in [2.05, 4.69) is 23.1 Å². The Kier molecular flexibility index (Phi) is 3.90. The lowest BCUT2D eigenvalue weighted by atomic mass is 10.1. The van der Waals surface area contributed by atoms with Gasteiger partial charge in [-0.3, -0.25) is 0 Å². The Labute approximate surface area is 113 Å². The number of benzene rings is 2. The molecule has 2 aromatic carbocycles. The van der Waals surface area contributed by atoms with Crippen LogP contribution in [0.3, 0.4) is 0 Å². The van der Waals surface area contributed by atoms with Gasteiger partial charge in [0.1, 0.15) is 0 Å². The van der Waals surface area contributed by atoms with E-state index in [0.717, 1.165) is 27.5 Å². The number of hydrogen-bond acceptors (Lipinski definition) is 2. The Balaban J connectivity index is 2.34. The molecule has 0 aliphatic carbocycles. The number of hydrogen-bond donors (Lipinski definition) is 1. The molecule has 2 aromatic rings. The first-order chi connectivity index (χ1) is 8.61. The van der Waals surface area contributed by atoms with E-state index >= 15 is 0 Å². The summed E-state index contributed by atoms with van der Waals surface area (Å²) in [5.74, 6) is 0. The second-order valence-electron chi connectivity index (χ2n) is 4.37. The SMILES string of the molecule is Cc1ccc(N(C)c2cccc(CN)c2)cc1Cl. The van der Waals surface area contributed by atoms with E-state index in [0.29, 0.717) is 6.54 Å². The summed E-state index contributed by atoms with van der Waals surface area (Å²) in [6.07, 6.45) is 0. The highest BCUT2D eigenvalue weighted by molar-refractivity contribution is 6.31. The molecule has 2 rings (SSSR count). The molecule has 0 unspecified atom stereocenters. The van der Waals surface area contributed by atoms with Crippen LogP contribution in [0.25, 0.3) is 0 Å². The van der Waals surface area contributed by atoms with Gasteiger partial charge in [-0.05, 0) is 42.3 Å². The van der Waals surface area contributed by atoms with Crippen molar-refractivity contribution in [3.63, 3.8) is 0 Å². The van der Waals surface area contributed by atoms with Gasteiger partial charge in [0.15, 0.2) is 0 Å². The fourth-order valence-corrected chi connectivity index (χ4v) is 2.01. The summed E-state index contributed by atoms with van der Waals surface area (Å²) in [6, 6.07) is 14.3. The summed E-state index contributed by atoms with van der Waals surface area (Å²) in [7, 11) is 2.02. The van der Waals surface area contributed by atoms with Gasteiger partial charge in [0, 0.05) is 30.0 Å². The van der Waals surface area contributed by atoms with Gasteiger partial charge in [-0.2, -0.15) is 0 Å². The maximum atomic E-state index is 6.16. The van der Waals surface area contributed by atoms with E-state index in [-0.39, 0.29) is 0 Å². The number of halogens is 1. The molecule has 18 heavy (non-hydrogen) atoms. The van der Waals surface area contributed by atoms with E-state index in [4.69, 9.17) is 17.3 Å². The van der Waals surface area contributed by atoms with Crippen molar-refractivity contribution >= 4 is 23.0 Å². The number of aryl methyl sites for hydroxylation is 1. The van der Waals surface area contributed by atoms with Gasteiger partial charge >= 0.3 is 0 Å². The third-order valence-electron chi connectivity index (χ3n) is 3.08. The first-order valence-corrected chi connectivity index (χ1v) is 6.28. The topological polar surface area (TPSA) is 29.3 Å². The molecule has 3 heteroatoms. The fourth-order valence-electron chi connectivity index (χ4n) is 1.83. The van der Waals surface area contributed by atoms with Crippen molar-refractivity contribution in [1.29, 1.82) is 0 Å². The van der Waals surface area contributed by atoms with Crippen LogP contribution < -0.4 is 10.6 Å². The molecule has 0 saturated carbocycles. The first kappa shape index (κ1) is 12.9. The minimum atomic E-state index is 0.552. The van der Waals surface area contributed by atoms with Crippen molar-refractivity contribution in [2.45, 2.75) is 13.5 Å². The largest absolute Gasteiger partial charge is 0.345 e. The number of nitrogens with zero attached hydrogens (tertiary/aromatic N) is 1. The monoisotopic (exact) mass is 260 g/mol. The minimum absolute atomic E-state index is 0.552. The zero-order valence-electron chi connectivity index (χ0n) is 10.7. The third kappa shape index (κ3) is 2.66. The number of anilines is 2. The summed E-state index contributed by atoms with van der Waals surface area (Å²) < 4.78 is 0. The van der Waals surface area contributed by atoms with Gasteiger partial charge in [-0.15, -0.1) is 0 Å². The summed E-state index contributed by atoms with van der Waals surface area (Å²) >= 11 is 6.16. The lowest BCUT2D eigenvalue weighted by molar-refractivity contribution is 1.06. The molecule has 94 valence electrons. The molecular formula is C15H17ClN2. The molecule has 0 bridgehead atoms. The van der Waals surface area contributed by atoms with Crippen LogP contribution in [0.2, 0.25) is 5.02 Å². The van der Waals surface area contributed by atoms with Crippen molar-refractivity contribution < 1.29 is 0 Å². The maximum absolute atomic E-state index is 6.16. The number of nitrogens with two attached hydrogens (primary N) is 1. The second-order valence-corrected chi connectivity index (χ2v) is 4.77. The van der Waals surface area contributed by atoms with E-state index in [9.17, 15) is 0 Å². The molecule has 0 saturated heterocycles. The van der Waals surface area contributed by atoms with E-state index < -0.39 is 0 Å². The Morgan fingerprint density at radius 3 is 2.50 bits per heavy atom. The van der Waals surface area contributed by atoms with Gasteiger partial charge in [0.05, 0.1) is 0 Å². The Bertz CT molecular complexity index is 552. The average Bonchev–Trinajstić information content (AvgIpc) is 2.41. The van der Waals surface area contributed by atoms with Crippen LogP contribution in [0.1, 0.15) is 11.1 Å². The third-order valence-corrected chi connectivity index (χ3v) is 3.48. The molecule has 0 atom stereocenters. The summed E-state index contributed by atoms with van der Waals surface area (Å²) in [5.41, 5.74) is 10.1. The highest BCUT2D eigenvalue weighted by Crippen LogP contribution is 2.28. The van der Waals surface area contributed by atoms with Crippen LogP contribution in [-0.4, -0.2) is 7.05 Å². The second kappa shape index (κ2) is 5.42. The molecule has 0 aromatic heterocycles. The van der Waals surface area contributed by atoms with Crippen LogP contribution >= 0.6 is 11.6 Å². The zero-order valence-corrected chi connectivity index (χ0v) is 11.4. The summed E-state index contributed by atoms with van der Waals surface area (Å²) in [4.78, 5) is 2.10. The highest BCUT2D eigenvalue weighted by atomic mass is 35.5. The molecule has 0 spiro atoms. The van der Waals surface area contributed by atoms with Crippen LogP contribution in [0, 0.1) is 6.92 Å². The van der Waals surface area contributed by atoms with Gasteiger partial charge in [0.25, 0.3) is 0 Å². The van der Waals surface area contributed by atoms with Gasteiger partial charge in [-0.25, -0.2) is 0 Å². The molecule has 2 nitrogen and oxygen atoms in total. The lowest BCUT2D eigenvalue weighted by Gasteiger charge is -2.20. The Morgan fingerprint density at radius 2 is 1.83 bits per heavy atom. The first-order valence-electron chi connectivity index (χ1n) is 5.90. The molecular weight excluding hydrogens is 244 g/mol.